The Kier molecular flexibility index (Phi) is 7.90. The maximum atomic E-state index is 13.3. The van der Waals surface area contributed by atoms with Crippen LogP contribution in [-0.2, 0) is 15.8 Å². The van der Waals surface area contributed by atoms with E-state index < -0.39 is 17.8 Å². The predicted molar refractivity (Wildman–Crippen MR) is 148 cm³/mol. The number of hydrogen-bond acceptors (Lipinski definition) is 8. The van der Waals surface area contributed by atoms with E-state index in [-0.39, 0.29) is 5.91 Å². The van der Waals surface area contributed by atoms with Gasteiger partial charge in [-0.2, -0.15) is 13.2 Å². The van der Waals surface area contributed by atoms with Crippen molar-refractivity contribution in [3.63, 3.8) is 0 Å². The molecule has 40 heavy (non-hydrogen) atoms. The Morgan fingerprint density at radius 2 is 1.90 bits per heavy atom. The van der Waals surface area contributed by atoms with Gasteiger partial charge in [0.25, 0.3) is 0 Å². The van der Waals surface area contributed by atoms with Gasteiger partial charge >= 0.3 is 6.18 Å². The highest BCUT2D eigenvalue weighted by atomic mass is 19.4. The monoisotopic (exact) mass is 553 g/mol. The van der Waals surface area contributed by atoms with E-state index in [9.17, 15) is 18.0 Å². The molecule has 0 radical (unpaired) electrons. The molecule has 2 N–H and O–H groups in total. The molecular formula is C28H30F3N7O2. The maximum absolute atomic E-state index is 13.3. The number of nitrogens with one attached hydrogen (secondary N) is 2. The minimum absolute atomic E-state index is 0.316. The molecule has 0 saturated carbocycles. The number of alkyl halides is 3. The SMILES string of the molecule is C=CC(=O)Nc1cc(Nc2cc(N3OCCC3c3cccc(C(F)(F)F)c3)ncn2)ccc1N1CCN(C)CC1. The third-order valence-corrected chi connectivity index (χ3v) is 6.94. The zero-order valence-electron chi connectivity index (χ0n) is 22.0. The summed E-state index contributed by atoms with van der Waals surface area (Å²) < 4.78 is 39.9. The summed E-state index contributed by atoms with van der Waals surface area (Å²) in [6.07, 6.45) is -1.34. The molecule has 1 amide bonds. The van der Waals surface area contributed by atoms with E-state index in [4.69, 9.17) is 4.84 Å². The molecule has 1 aromatic heterocycles. The molecular weight excluding hydrogens is 523 g/mol. The molecule has 1 atom stereocenters. The minimum atomic E-state index is -4.43. The zero-order chi connectivity index (χ0) is 28.3. The second-order valence-electron chi connectivity index (χ2n) is 9.69. The average molecular weight is 554 g/mol. The summed E-state index contributed by atoms with van der Waals surface area (Å²) in [5.74, 6) is 0.548. The maximum Gasteiger partial charge on any atom is 0.416 e. The highest BCUT2D eigenvalue weighted by molar-refractivity contribution is 6.01. The molecule has 2 aliphatic heterocycles. The van der Waals surface area contributed by atoms with Gasteiger partial charge in [-0.3, -0.25) is 9.63 Å². The smallest absolute Gasteiger partial charge is 0.367 e. The molecule has 5 rings (SSSR count). The number of hydrogen-bond donors (Lipinski definition) is 2. The van der Waals surface area contributed by atoms with Crippen molar-refractivity contribution in [2.75, 3.05) is 60.4 Å². The van der Waals surface area contributed by atoms with E-state index in [1.54, 1.807) is 12.1 Å². The summed E-state index contributed by atoms with van der Waals surface area (Å²) in [6.45, 7) is 7.39. The number of aromatic nitrogens is 2. The van der Waals surface area contributed by atoms with Crippen molar-refractivity contribution in [1.82, 2.24) is 14.9 Å². The lowest BCUT2D eigenvalue weighted by atomic mass is 10.0. The van der Waals surface area contributed by atoms with Crippen LogP contribution in [0.15, 0.2) is 67.5 Å². The van der Waals surface area contributed by atoms with Gasteiger partial charge in [0.15, 0.2) is 5.82 Å². The molecule has 2 aromatic carbocycles. The summed E-state index contributed by atoms with van der Waals surface area (Å²) in [7, 11) is 2.08. The lowest BCUT2D eigenvalue weighted by Crippen LogP contribution is -2.44. The van der Waals surface area contributed by atoms with E-state index in [2.05, 4.69) is 44.0 Å². The molecule has 1 unspecified atom stereocenters. The van der Waals surface area contributed by atoms with Crippen molar-refractivity contribution >= 4 is 34.6 Å². The van der Waals surface area contributed by atoms with Crippen LogP contribution in [0.3, 0.4) is 0 Å². The van der Waals surface area contributed by atoms with Gasteiger partial charge < -0.3 is 20.4 Å². The summed E-state index contributed by atoms with van der Waals surface area (Å²) in [4.78, 5) is 31.0. The molecule has 0 bridgehead atoms. The Labute approximate surface area is 230 Å². The van der Waals surface area contributed by atoms with Crippen LogP contribution >= 0.6 is 0 Å². The molecule has 0 spiro atoms. The first-order valence-corrected chi connectivity index (χ1v) is 12.9. The number of piperazine rings is 1. The van der Waals surface area contributed by atoms with Crippen LogP contribution in [0, 0.1) is 0 Å². The van der Waals surface area contributed by atoms with Crippen LogP contribution in [0.5, 0.6) is 0 Å². The molecule has 210 valence electrons. The van der Waals surface area contributed by atoms with Crippen molar-refractivity contribution in [2.45, 2.75) is 18.6 Å². The summed E-state index contributed by atoms with van der Waals surface area (Å²) in [5.41, 5.74) is 2.01. The second-order valence-corrected chi connectivity index (χ2v) is 9.69. The number of anilines is 5. The highest BCUT2D eigenvalue weighted by Gasteiger charge is 2.34. The fraction of sp³-hybridized carbons (Fsp3) is 0.321. The summed E-state index contributed by atoms with van der Waals surface area (Å²) in [6, 6.07) is 12.2. The van der Waals surface area contributed by atoms with E-state index in [1.807, 2.05) is 18.2 Å². The third kappa shape index (κ3) is 6.18. The number of rotatable bonds is 7. The van der Waals surface area contributed by atoms with Crippen LogP contribution in [0.25, 0.3) is 0 Å². The normalized spacial score (nSPS) is 18.1. The van der Waals surface area contributed by atoms with E-state index in [0.717, 1.165) is 44.0 Å². The molecule has 2 saturated heterocycles. The van der Waals surface area contributed by atoms with E-state index in [0.29, 0.717) is 41.6 Å². The predicted octanol–water partition coefficient (Wildman–Crippen LogP) is 5.00. The Bertz CT molecular complexity index is 1380. The molecule has 2 aliphatic rings. The van der Waals surface area contributed by atoms with Crippen molar-refractivity contribution in [3.8, 4) is 0 Å². The van der Waals surface area contributed by atoms with Crippen LogP contribution in [0.2, 0.25) is 0 Å². The first-order valence-electron chi connectivity index (χ1n) is 12.9. The van der Waals surface area contributed by atoms with Crippen LogP contribution < -0.4 is 20.6 Å². The van der Waals surface area contributed by atoms with Crippen molar-refractivity contribution in [3.05, 3.63) is 78.6 Å². The Balaban J connectivity index is 1.37. The number of halogens is 3. The molecule has 9 nitrogen and oxygen atoms in total. The Hall–Kier alpha value is -4.16. The van der Waals surface area contributed by atoms with Crippen molar-refractivity contribution in [2.24, 2.45) is 0 Å². The molecule has 0 aliphatic carbocycles. The first kappa shape index (κ1) is 27.4. The van der Waals surface area contributed by atoms with Crippen molar-refractivity contribution in [1.29, 1.82) is 0 Å². The molecule has 3 heterocycles. The van der Waals surface area contributed by atoms with Crippen LogP contribution in [0.4, 0.5) is 41.9 Å². The van der Waals surface area contributed by atoms with Crippen LogP contribution in [-0.4, -0.2) is 60.6 Å². The molecule has 3 aromatic rings. The average Bonchev–Trinajstić information content (AvgIpc) is 3.44. The number of nitrogens with zero attached hydrogens (tertiary/aromatic N) is 5. The van der Waals surface area contributed by atoms with Gasteiger partial charge in [0.1, 0.15) is 12.1 Å². The Morgan fingerprint density at radius 1 is 1.10 bits per heavy atom. The number of carbonyl (C=O) groups excluding carboxylic acids is 1. The van der Waals surface area contributed by atoms with E-state index in [1.165, 1.54) is 23.5 Å². The number of carbonyl (C=O) groups is 1. The summed E-state index contributed by atoms with van der Waals surface area (Å²) in [5, 5.41) is 7.65. The summed E-state index contributed by atoms with van der Waals surface area (Å²) >= 11 is 0. The third-order valence-electron chi connectivity index (χ3n) is 6.94. The second kappa shape index (κ2) is 11.5. The zero-order valence-corrected chi connectivity index (χ0v) is 22.0. The van der Waals surface area contributed by atoms with Gasteiger partial charge in [0, 0.05) is 44.4 Å². The fourth-order valence-electron chi connectivity index (χ4n) is 4.82. The Morgan fingerprint density at radius 3 is 2.65 bits per heavy atom. The van der Waals surface area contributed by atoms with Gasteiger partial charge in [0.05, 0.1) is 29.6 Å². The number of benzene rings is 2. The van der Waals surface area contributed by atoms with Gasteiger partial charge in [-0.25, -0.2) is 15.0 Å². The minimum Gasteiger partial charge on any atom is -0.367 e. The standard InChI is InChI=1S/C28H30F3N7O2/c1-3-27(39)35-22-16-21(7-8-24(22)37-12-10-36(2)11-13-37)34-25-17-26(33-18-32-25)38-23(9-14-40-38)19-5-4-6-20(15-19)28(29,30)31/h3-8,15-18,23H,1,9-14H2,2H3,(H,35,39)(H,32,33,34). The lowest BCUT2D eigenvalue weighted by Gasteiger charge is -2.35. The topological polar surface area (TPSA) is 85.9 Å². The molecule has 2 fully saturated rings. The highest BCUT2D eigenvalue weighted by Crippen LogP contribution is 2.38. The van der Waals surface area contributed by atoms with Gasteiger partial charge in [0.2, 0.25) is 5.91 Å². The number of hydroxylamine groups is 1. The number of likely N-dealkylation sites (N-methyl/N-ethyl adjacent to an activating group) is 1. The fourth-order valence-corrected chi connectivity index (χ4v) is 4.82. The quantitative estimate of drug-likeness (QED) is 0.396. The van der Waals surface area contributed by atoms with Crippen LogP contribution in [0.1, 0.15) is 23.6 Å². The van der Waals surface area contributed by atoms with Gasteiger partial charge in [-0.1, -0.05) is 18.7 Å². The van der Waals surface area contributed by atoms with Gasteiger partial charge in [-0.15, -0.1) is 0 Å². The lowest BCUT2D eigenvalue weighted by molar-refractivity contribution is -0.137. The van der Waals surface area contributed by atoms with E-state index >= 15 is 0 Å². The molecule has 12 heteroatoms. The number of amides is 1. The first-order chi connectivity index (χ1) is 19.2. The largest absolute Gasteiger partial charge is 0.416 e. The van der Waals surface area contributed by atoms with Gasteiger partial charge in [-0.05, 0) is 49.0 Å². The van der Waals surface area contributed by atoms with Crippen molar-refractivity contribution < 1.29 is 22.8 Å².